The Kier molecular flexibility index (Phi) is 4.67. The molecular weight excluding hydrogens is 358 g/mol. The van der Waals surface area contributed by atoms with E-state index in [1.165, 1.54) is 25.3 Å². The minimum atomic E-state index is -0.708. The molecule has 0 unspecified atom stereocenters. The number of urea groups is 1. The van der Waals surface area contributed by atoms with Gasteiger partial charge in [0.2, 0.25) is 5.91 Å². The van der Waals surface area contributed by atoms with Crippen LogP contribution in [0.2, 0.25) is 0 Å². The molecule has 0 saturated heterocycles. The molecule has 4 aliphatic rings. The average Bonchev–Trinajstić information content (AvgIpc) is 2.51. The van der Waals surface area contributed by atoms with E-state index in [0.717, 1.165) is 43.2 Å². The minimum Gasteiger partial charge on any atom is -0.332 e. The summed E-state index contributed by atoms with van der Waals surface area (Å²) >= 11 is 0.942. The van der Waals surface area contributed by atoms with Gasteiger partial charge in [0.25, 0.3) is 0 Å². The highest BCUT2D eigenvalue weighted by Crippen LogP contribution is 2.55. The molecule has 2 N–H and O–H groups in total. The van der Waals surface area contributed by atoms with Gasteiger partial charge in [0, 0.05) is 16.5 Å². The number of carbonyl (C=O) groups is 2. The third-order valence-electron chi connectivity index (χ3n) is 5.92. The number of amides is 3. The van der Waals surface area contributed by atoms with Crippen molar-refractivity contribution in [1.82, 2.24) is 10.6 Å². The maximum absolute atomic E-state index is 13.6. The van der Waals surface area contributed by atoms with E-state index in [-0.39, 0.29) is 16.2 Å². The summed E-state index contributed by atoms with van der Waals surface area (Å²) in [6.45, 7) is 0. The van der Waals surface area contributed by atoms with Crippen molar-refractivity contribution < 1.29 is 18.4 Å². The third-order valence-corrected chi connectivity index (χ3v) is 6.97. The van der Waals surface area contributed by atoms with Gasteiger partial charge in [-0.15, -0.1) is 11.8 Å². The van der Waals surface area contributed by atoms with Crippen LogP contribution in [0.4, 0.5) is 13.6 Å². The van der Waals surface area contributed by atoms with Crippen LogP contribution in [0.15, 0.2) is 23.1 Å². The molecule has 7 heteroatoms. The summed E-state index contributed by atoms with van der Waals surface area (Å²) in [6.07, 6.45) is 6.87. The average molecular weight is 380 g/mol. The van der Waals surface area contributed by atoms with E-state index < -0.39 is 23.6 Å². The molecule has 1 aromatic carbocycles. The molecule has 5 rings (SSSR count). The minimum absolute atomic E-state index is 0.100. The molecule has 140 valence electrons. The van der Waals surface area contributed by atoms with Gasteiger partial charge in [0.05, 0.1) is 5.75 Å². The molecule has 0 aliphatic heterocycles. The van der Waals surface area contributed by atoms with Crippen molar-refractivity contribution in [2.45, 2.75) is 49.0 Å². The number of carbonyl (C=O) groups excluding carboxylic acids is 2. The smallest absolute Gasteiger partial charge is 0.321 e. The first-order chi connectivity index (χ1) is 12.4. The first kappa shape index (κ1) is 17.8. The lowest BCUT2D eigenvalue weighted by Crippen LogP contribution is -2.61. The van der Waals surface area contributed by atoms with Crippen molar-refractivity contribution in [2.24, 2.45) is 17.8 Å². The predicted molar refractivity (Wildman–Crippen MR) is 94.7 cm³/mol. The molecule has 4 nitrogen and oxygen atoms in total. The second kappa shape index (κ2) is 6.83. The molecule has 4 aliphatic carbocycles. The van der Waals surface area contributed by atoms with Crippen LogP contribution in [0.3, 0.4) is 0 Å². The molecule has 1 aromatic rings. The highest BCUT2D eigenvalue weighted by molar-refractivity contribution is 8.00. The fourth-order valence-corrected chi connectivity index (χ4v) is 6.15. The fraction of sp³-hybridized carbons (Fsp3) is 0.579. The number of hydrogen-bond donors (Lipinski definition) is 2. The van der Waals surface area contributed by atoms with E-state index in [2.05, 4.69) is 10.6 Å². The van der Waals surface area contributed by atoms with E-state index in [4.69, 9.17) is 0 Å². The van der Waals surface area contributed by atoms with Gasteiger partial charge >= 0.3 is 6.03 Å². The Bertz CT molecular complexity index is 705. The van der Waals surface area contributed by atoms with E-state index >= 15 is 0 Å². The molecule has 0 atom stereocenters. The van der Waals surface area contributed by atoms with Gasteiger partial charge in [-0.3, -0.25) is 10.1 Å². The summed E-state index contributed by atoms with van der Waals surface area (Å²) in [5, 5.41) is 5.42. The standard InChI is InChI=1S/C19H22F2N2O2S/c20-14-1-2-16(15(21)6-14)26-10-17(24)22-18(25)23-19-7-11-3-12(8-19)5-13(4-11)9-19/h1-2,6,11-13H,3-5,7-10H2,(H2,22,23,24,25). The second-order valence-electron chi connectivity index (χ2n) is 8.06. The quantitative estimate of drug-likeness (QED) is 0.780. The molecule has 0 heterocycles. The Morgan fingerprint density at radius 2 is 1.69 bits per heavy atom. The molecule has 4 saturated carbocycles. The highest BCUT2D eigenvalue weighted by Gasteiger charge is 2.51. The molecule has 4 fully saturated rings. The topological polar surface area (TPSA) is 58.2 Å². The van der Waals surface area contributed by atoms with Crippen molar-refractivity contribution in [3.8, 4) is 0 Å². The number of benzene rings is 1. The van der Waals surface area contributed by atoms with E-state index in [1.54, 1.807) is 0 Å². The number of hydrogen-bond acceptors (Lipinski definition) is 3. The van der Waals surface area contributed by atoms with Crippen LogP contribution in [0.1, 0.15) is 38.5 Å². The summed E-state index contributed by atoms with van der Waals surface area (Å²) < 4.78 is 26.5. The predicted octanol–water partition coefficient (Wildman–Crippen LogP) is 3.85. The zero-order chi connectivity index (χ0) is 18.3. The summed E-state index contributed by atoms with van der Waals surface area (Å²) in [6, 6.07) is 2.75. The number of nitrogens with one attached hydrogen (secondary N) is 2. The van der Waals surface area contributed by atoms with Crippen LogP contribution in [-0.4, -0.2) is 23.2 Å². The van der Waals surface area contributed by atoms with Crippen molar-refractivity contribution in [2.75, 3.05) is 5.75 Å². The zero-order valence-electron chi connectivity index (χ0n) is 14.4. The Hall–Kier alpha value is -1.63. The van der Waals surface area contributed by atoms with Crippen LogP contribution in [0, 0.1) is 29.4 Å². The number of halogens is 2. The van der Waals surface area contributed by atoms with Crippen LogP contribution in [0.25, 0.3) is 0 Å². The van der Waals surface area contributed by atoms with Crippen LogP contribution < -0.4 is 10.6 Å². The Morgan fingerprint density at radius 3 is 2.27 bits per heavy atom. The van der Waals surface area contributed by atoms with Gasteiger partial charge in [-0.1, -0.05) is 0 Å². The highest BCUT2D eigenvalue weighted by atomic mass is 32.2. The normalized spacial score (nSPS) is 31.7. The van der Waals surface area contributed by atoms with E-state index in [0.29, 0.717) is 17.8 Å². The second-order valence-corrected chi connectivity index (χ2v) is 9.08. The monoisotopic (exact) mass is 380 g/mol. The van der Waals surface area contributed by atoms with E-state index in [9.17, 15) is 18.4 Å². The number of thioether (sulfide) groups is 1. The maximum Gasteiger partial charge on any atom is 0.321 e. The fourth-order valence-electron chi connectivity index (χ4n) is 5.43. The van der Waals surface area contributed by atoms with Crippen molar-refractivity contribution in [1.29, 1.82) is 0 Å². The lowest BCUT2D eigenvalue weighted by molar-refractivity contribution is -0.117. The summed E-state index contributed by atoms with van der Waals surface area (Å²) in [5.41, 5.74) is -0.157. The van der Waals surface area contributed by atoms with Crippen molar-refractivity contribution in [3.63, 3.8) is 0 Å². The molecule has 0 radical (unpaired) electrons. The maximum atomic E-state index is 13.6. The van der Waals surface area contributed by atoms with Gasteiger partial charge in [0.1, 0.15) is 11.6 Å². The molecule has 4 bridgehead atoms. The van der Waals surface area contributed by atoms with Crippen LogP contribution >= 0.6 is 11.8 Å². The van der Waals surface area contributed by atoms with Crippen molar-refractivity contribution in [3.05, 3.63) is 29.8 Å². The third kappa shape index (κ3) is 3.72. The van der Waals surface area contributed by atoms with Gasteiger partial charge in [-0.25, -0.2) is 13.6 Å². The first-order valence-electron chi connectivity index (χ1n) is 9.11. The Balaban J connectivity index is 1.29. The Labute approximate surface area is 155 Å². The molecule has 3 amide bonds. The lowest BCUT2D eigenvalue weighted by Gasteiger charge is -2.56. The van der Waals surface area contributed by atoms with Gasteiger partial charge in [-0.05, 0) is 68.4 Å². The first-order valence-corrected chi connectivity index (χ1v) is 10.1. The van der Waals surface area contributed by atoms with E-state index in [1.807, 2.05) is 0 Å². The largest absolute Gasteiger partial charge is 0.332 e. The van der Waals surface area contributed by atoms with Gasteiger partial charge in [0.15, 0.2) is 0 Å². The molecule has 26 heavy (non-hydrogen) atoms. The number of rotatable bonds is 4. The molecule has 0 aromatic heterocycles. The van der Waals surface area contributed by atoms with Crippen LogP contribution in [-0.2, 0) is 4.79 Å². The van der Waals surface area contributed by atoms with Gasteiger partial charge in [-0.2, -0.15) is 0 Å². The SMILES string of the molecule is O=C(CSc1ccc(F)cc1F)NC(=O)NC12CC3CC(CC(C3)C1)C2. The Morgan fingerprint density at radius 1 is 1.08 bits per heavy atom. The molecular formula is C19H22F2N2O2S. The van der Waals surface area contributed by atoms with Crippen LogP contribution in [0.5, 0.6) is 0 Å². The summed E-state index contributed by atoms with van der Waals surface area (Å²) in [4.78, 5) is 24.5. The molecule has 0 spiro atoms. The lowest BCUT2D eigenvalue weighted by atomic mass is 9.53. The zero-order valence-corrected chi connectivity index (χ0v) is 15.2. The van der Waals surface area contributed by atoms with Crippen molar-refractivity contribution >= 4 is 23.7 Å². The van der Waals surface area contributed by atoms with Gasteiger partial charge < -0.3 is 5.32 Å². The summed E-state index contributed by atoms with van der Waals surface area (Å²) in [7, 11) is 0. The number of imide groups is 1. The summed E-state index contributed by atoms with van der Waals surface area (Å²) in [5.74, 6) is 0.155.